The van der Waals surface area contributed by atoms with Gasteiger partial charge in [0, 0.05) is 22.5 Å². The van der Waals surface area contributed by atoms with Crippen LogP contribution in [0.5, 0.6) is 5.75 Å². The third kappa shape index (κ3) is 5.18. The molecular formula is C20H19ClN4O2. The lowest BCUT2D eigenvalue weighted by molar-refractivity contribution is 0.102. The average molecular weight is 383 g/mol. The van der Waals surface area contributed by atoms with Crippen molar-refractivity contribution in [1.29, 1.82) is 0 Å². The van der Waals surface area contributed by atoms with E-state index < -0.39 is 0 Å². The number of anilines is 3. The largest absolute Gasteiger partial charge is 0.494 e. The highest BCUT2D eigenvalue weighted by Crippen LogP contribution is 2.20. The average Bonchev–Trinajstić information content (AvgIpc) is 2.65. The lowest BCUT2D eigenvalue weighted by Crippen LogP contribution is -2.15. The van der Waals surface area contributed by atoms with Crippen LogP contribution in [0.4, 0.5) is 17.2 Å². The first-order valence-corrected chi connectivity index (χ1v) is 8.84. The highest BCUT2D eigenvalue weighted by Gasteiger charge is 2.11. The summed E-state index contributed by atoms with van der Waals surface area (Å²) < 4.78 is 5.43. The Hall–Kier alpha value is -3.12. The Bertz CT molecular complexity index is 928. The molecule has 1 heterocycles. The van der Waals surface area contributed by atoms with Crippen LogP contribution in [0.3, 0.4) is 0 Å². The normalized spacial score (nSPS) is 10.3. The van der Waals surface area contributed by atoms with Crippen molar-refractivity contribution < 1.29 is 9.53 Å². The highest BCUT2D eigenvalue weighted by atomic mass is 35.5. The predicted octanol–water partition coefficient (Wildman–Crippen LogP) is 4.83. The van der Waals surface area contributed by atoms with E-state index in [1.54, 1.807) is 37.3 Å². The van der Waals surface area contributed by atoms with Gasteiger partial charge in [0.1, 0.15) is 23.1 Å². The molecule has 0 radical (unpaired) electrons. The zero-order valence-corrected chi connectivity index (χ0v) is 15.7. The maximum Gasteiger partial charge on any atom is 0.274 e. The van der Waals surface area contributed by atoms with Gasteiger partial charge in [-0.3, -0.25) is 4.79 Å². The number of aromatic nitrogens is 2. The Kier molecular flexibility index (Phi) is 5.88. The molecule has 3 rings (SSSR count). The van der Waals surface area contributed by atoms with E-state index in [-0.39, 0.29) is 11.6 Å². The maximum atomic E-state index is 12.5. The minimum absolute atomic E-state index is 0.269. The molecule has 0 aliphatic heterocycles. The molecule has 138 valence electrons. The molecule has 27 heavy (non-hydrogen) atoms. The van der Waals surface area contributed by atoms with Crippen LogP contribution in [0, 0.1) is 6.92 Å². The Balaban J connectivity index is 1.75. The van der Waals surface area contributed by atoms with E-state index in [0.29, 0.717) is 29.0 Å². The number of aryl methyl sites for hydroxylation is 1. The summed E-state index contributed by atoms with van der Waals surface area (Å²) in [6.45, 7) is 4.29. The minimum Gasteiger partial charge on any atom is -0.494 e. The fourth-order valence-electron chi connectivity index (χ4n) is 2.43. The molecular weight excluding hydrogens is 364 g/mol. The van der Waals surface area contributed by atoms with Gasteiger partial charge in [-0.1, -0.05) is 11.6 Å². The molecule has 0 aliphatic rings. The molecule has 0 spiro atoms. The Morgan fingerprint density at radius 2 is 1.70 bits per heavy atom. The zero-order valence-electron chi connectivity index (χ0n) is 15.0. The van der Waals surface area contributed by atoms with Crippen molar-refractivity contribution in [3.05, 3.63) is 71.1 Å². The van der Waals surface area contributed by atoms with Crippen molar-refractivity contribution in [2.24, 2.45) is 0 Å². The van der Waals surface area contributed by atoms with Crippen molar-refractivity contribution in [2.75, 3.05) is 17.2 Å². The van der Waals surface area contributed by atoms with Gasteiger partial charge in [0.15, 0.2) is 0 Å². The number of amides is 1. The monoisotopic (exact) mass is 382 g/mol. The first kappa shape index (κ1) is 18.7. The van der Waals surface area contributed by atoms with Crippen molar-refractivity contribution in [1.82, 2.24) is 9.97 Å². The lowest BCUT2D eigenvalue weighted by atomic mass is 10.2. The van der Waals surface area contributed by atoms with Crippen molar-refractivity contribution in [3.8, 4) is 5.75 Å². The number of carbonyl (C=O) groups excluding carboxylic acids is 1. The number of ether oxygens (including phenoxy) is 1. The third-order valence-electron chi connectivity index (χ3n) is 3.61. The SMILES string of the molecule is CCOc1ccc(Nc2cc(C(=O)Nc3ccc(Cl)cc3)nc(C)n2)cc1. The summed E-state index contributed by atoms with van der Waals surface area (Å²) in [5.74, 6) is 1.50. The molecule has 6 nitrogen and oxygen atoms in total. The number of benzene rings is 2. The molecule has 2 aromatic carbocycles. The number of halogens is 1. The summed E-state index contributed by atoms with van der Waals surface area (Å²) in [4.78, 5) is 21.1. The molecule has 0 atom stereocenters. The summed E-state index contributed by atoms with van der Waals surface area (Å²) in [7, 11) is 0. The topological polar surface area (TPSA) is 76.1 Å². The molecule has 0 bridgehead atoms. The quantitative estimate of drug-likeness (QED) is 0.638. The van der Waals surface area contributed by atoms with Gasteiger partial charge in [0.25, 0.3) is 5.91 Å². The summed E-state index contributed by atoms with van der Waals surface area (Å²) in [5, 5.41) is 6.57. The number of rotatable bonds is 6. The second-order valence-electron chi connectivity index (χ2n) is 5.73. The van der Waals surface area contributed by atoms with Gasteiger partial charge in [-0.05, 0) is 62.4 Å². The van der Waals surface area contributed by atoms with Crippen LogP contribution < -0.4 is 15.4 Å². The van der Waals surface area contributed by atoms with Crippen molar-refractivity contribution in [3.63, 3.8) is 0 Å². The molecule has 0 saturated heterocycles. The van der Waals surface area contributed by atoms with Crippen LogP contribution >= 0.6 is 11.6 Å². The summed E-state index contributed by atoms with van der Waals surface area (Å²) >= 11 is 5.86. The van der Waals surface area contributed by atoms with Gasteiger partial charge in [0.05, 0.1) is 6.61 Å². The Morgan fingerprint density at radius 3 is 2.37 bits per heavy atom. The van der Waals surface area contributed by atoms with E-state index >= 15 is 0 Å². The molecule has 0 saturated carbocycles. The number of carbonyl (C=O) groups is 1. The van der Waals surface area contributed by atoms with Crippen molar-refractivity contribution in [2.45, 2.75) is 13.8 Å². The third-order valence-corrected chi connectivity index (χ3v) is 3.86. The molecule has 7 heteroatoms. The second-order valence-corrected chi connectivity index (χ2v) is 6.17. The molecule has 1 amide bonds. The Labute approximate surface area is 162 Å². The number of nitrogens with zero attached hydrogens (tertiary/aromatic N) is 2. The summed E-state index contributed by atoms with van der Waals surface area (Å²) in [5.41, 5.74) is 1.74. The van der Waals surface area contributed by atoms with Gasteiger partial charge >= 0.3 is 0 Å². The predicted molar refractivity (Wildman–Crippen MR) is 107 cm³/mol. The number of hydrogen-bond donors (Lipinski definition) is 2. The van der Waals surface area contributed by atoms with Crippen LogP contribution in [0.15, 0.2) is 54.6 Å². The van der Waals surface area contributed by atoms with Gasteiger partial charge in [0.2, 0.25) is 0 Å². The van der Waals surface area contributed by atoms with Gasteiger partial charge in [-0.2, -0.15) is 0 Å². The van der Waals surface area contributed by atoms with Gasteiger partial charge < -0.3 is 15.4 Å². The molecule has 0 unspecified atom stereocenters. The van der Waals surface area contributed by atoms with Crippen molar-refractivity contribution >= 4 is 34.7 Å². The van der Waals surface area contributed by atoms with E-state index in [1.807, 2.05) is 31.2 Å². The second kappa shape index (κ2) is 8.51. The van der Waals surface area contributed by atoms with Gasteiger partial charge in [-0.25, -0.2) is 9.97 Å². The maximum absolute atomic E-state index is 12.5. The van der Waals surface area contributed by atoms with Crippen LogP contribution in [0.1, 0.15) is 23.2 Å². The van der Waals surface area contributed by atoms with E-state index in [1.165, 1.54) is 0 Å². The first-order valence-electron chi connectivity index (χ1n) is 8.46. The zero-order chi connectivity index (χ0) is 19.2. The number of nitrogens with one attached hydrogen (secondary N) is 2. The van der Waals surface area contributed by atoms with Crippen LogP contribution in [0.2, 0.25) is 5.02 Å². The van der Waals surface area contributed by atoms with E-state index in [0.717, 1.165) is 11.4 Å². The van der Waals surface area contributed by atoms with E-state index in [2.05, 4.69) is 20.6 Å². The van der Waals surface area contributed by atoms with Crippen LogP contribution in [-0.2, 0) is 0 Å². The Morgan fingerprint density at radius 1 is 1.04 bits per heavy atom. The van der Waals surface area contributed by atoms with E-state index in [4.69, 9.17) is 16.3 Å². The van der Waals surface area contributed by atoms with E-state index in [9.17, 15) is 4.79 Å². The fraction of sp³-hybridized carbons (Fsp3) is 0.150. The molecule has 3 aromatic rings. The molecule has 0 aliphatic carbocycles. The number of hydrogen-bond acceptors (Lipinski definition) is 5. The van der Waals surface area contributed by atoms with Crippen LogP contribution in [0.25, 0.3) is 0 Å². The lowest BCUT2D eigenvalue weighted by Gasteiger charge is -2.10. The smallest absolute Gasteiger partial charge is 0.274 e. The summed E-state index contributed by atoms with van der Waals surface area (Å²) in [6, 6.07) is 16.0. The fourth-order valence-corrected chi connectivity index (χ4v) is 2.55. The van der Waals surface area contributed by atoms with Crippen LogP contribution in [-0.4, -0.2) is 22.5 Å². The molecule has 2 N–H and O–H groups in total. The standard InChI is InChI=1S/C20H19ClN4O2/c1-3-27-17-10-8-15(9-11-17)24-19-12-18(22-13(2)23-19)20(26)25-16-6-4-14(21)5-7-16/h4-12H,3H2,1-2H3,(H,25,26)(H,22,23,24). The molecule has 1 aromatic heterocycles. The molecule has 0 fully saturated rings. The first-order chi connectivity index (χ1) is 13.0. The highest BCUT2D eigenvalue weighted by molar-refractivity contribution is 6.30. The minimum atomic E-state index is -0.322. The summed E-state index contributed by atoms with van der Waals surface area (Å²) in [6.07, 6.45) is 0. The van der Waals surface area contributed by atoms with Gasteiger partial charge in [-0.15, -0.1) is 0 Å².